The van der Waals surface area contributed by atoms with Crippen molar-refractivity contribution in [3.05, 3.63) is 0 Å². The van der Waals surface area contributed by atoms with Gasteiger partial charge in [0.1, 0.15) is 0 Å². The zero-order valence-corrected chi connectivity index (χ0v) is 9.19. The van der Waals surface area contributed by atoms with Crippen LogP contribution in [-0.4, -0.2) is 48.3 Å². The maximum Gasteiger partial charge on any atom is 0.303 e. The normalized spacial score (nSPS) is 37.3. The molecule has 4 nitrogen and oxygen atoms in total. The topological polar surface area (TPSA) is 49.8 Å². The minimum Gasteiger partial charge on any atom is -0.481 e. The van der Waals surface area contributed by atoms with E-state index >= 15 is 0 Å². The van der Waals surface area contributed by atoms with Gasteiger partial charge in [0, 0.05) is 19.0 Å². The highest BCUT2D eigenvalue weighted by Crippen LogP contribution is 2.33. The van der Waals surface area contributed by atoms with Gasteiger partial charge in [0.2, 0.25) is 0 Å². The van der Waals surface area contributed by atoms with Gasteiger partial charge in [-0.1, -0.05) is 0 Å². The Kier molecular flexibility index (Phi) is 3.26. The molecule has 0 aromatic carbocycles. The van der Waals surface area contributed by atoms with Crippen LogP contribution in [-0.2, 0) is 9.53 Å². The van der Waals surface area contributed by atoms with Crippen molar-refractivity contribution in [1.29, 1.82) is 0 Å². The first-order valence-electron chi connectivity index (χ1n) is 5.70. The summed E-state index contributed by atoms with van der Waals surface area (Å²) in [6.07, 6.45) is 3.66. The molecule has 1 N–H and O–H groups in total. The minimum absolute atomic E-state index is 0.317. The van der Waals surface area contributed by atoms with Gasteiger partial charge in [-0.2, -0.15) is 0 Å². The number of aliphatic carboxylic acids is 1. The van der Waals surface area contributed by atoms with E-state index in [-0.39, 0.29) is 0 Å². The second-order valence-corrected chi connectivity index (χ2v) is 4.73. The highest BCUT2D eigenvalue weighted by molar-refractivity contribution is 5.67. The molecule has 1 aliphatic heterocycles. The molecular formula is C11H19NO3. The van der Waals surface area contributed by atoms with E-state index in [1.807, 2.05) is 0 Å². The monoisotopic (exact) mass is 213 g/mol. The molecule has 0 aromatic heterocycles. The predicted octanol–water partition coefficient (Wildman–Crippen LogP) is 0.960. The van der Waals surface area contributed by atoms with Gasteiger partial charge in [-0.15, -0.1) is 0 Å². The maximum absolute atomic E-state index is 10.7. The van der Waals surface area contributed by atoms with Crippen LogP contribution in [0.2, 0.25) is 0 Å². The summed E-state index contributed by atoms with van der Waals surface area (Å²) in [5.41, 5.74) is 0. The van der Waals surface area contributed by atoms with Crippen LogP contribution in [0.15, 0.2) is 0 Å². The molecule has 1 heterocycles. The molecule has 2 fully saturated rings. The van der Waals surface area contributed by atoms with Gasteiger partial charge < -0.3 is 9.84 Å². The average molecular weight is 213 g/mol. The van der Waals surface area contributed by atoms with Gasteiger partial charge in [-0.3, -0.25) is 9.69 Å². The molecule has 3 unspecified atom stereocenters. The molecule has 1 saturated carbocycles. The van der Waals surface area contributed by atoms with Crippen LogP contribution in [0.3, 0.4) is 0 Å². The van der Waals surface area contributed by atoms with Crippen LogP contribution in [0.4, 0.5) is 0 Å². The van der Waals surface area contributed by atoms with Crippen LogP contribution < -0.4 is 0 Å². The summed E-state index contributed by atoms with van der Waals surface area (Å²) in [6.45, 7) is 1.79. The largest absolute Gasteiger partial charge is 0.481 e. The van der Waals surface area contributed by atoms with Gasteiger partial charge in [0.05, 0.1) is 12.7 Å². The molecule has 0 aromatic rings. The number of nitrogens with zero attached hydrogens (tertiary/aromatic N) is 1. The Morgan fingerprint density at radius 3 is 3.07 bits per heavy atom. The summed E-state index contributed by atoms with van der Waals surface area (Å²) < 4.78 is 5.72. The molecule has 1 saturated heterocycles. The molecule has 2 rings (SSSR count). The number of carboxylic acid groups (broad SMARTS) is 1. The molecule has 15 heavy (non-hydrogen) atoms. The summed E-state index contributed by atoms with van der Waals surface area (Å²) >= 11 is 0. The quantitative estimate of drug-likeness (QED) is 0.742. The standard InChI is InChI=1S/C11H19NO3/c1-12-4-5-15-10-3-2-8(6-9(10)12)7-11(13)14/h8-10H,2-7H2,1H3,(H,13,14). The van der Waals surface area contributed by atoms with Crippen molar-refractivity contribution < 1.29 is 14.6 Å². The molecule has 86 valence electrons. The van der Waals surface area contributed by atoms with Crippen molar-refractivity contribution in [3.63, 3.8) is 0 Å². The van der Waals surface area contributed by atoms with Crippen molar-refractivity contribution in [2.75, 3.05) is 20.2 Å². The van der Waals surface area contributed by atoms with Crippen molar-refractivity contribution in [2.45, 2.75) is 37.8 Å². The molecule has 0 spiro atoms. The second-order valence-electron chi connectivity index (χ2n) is 4.73. The number of hydrogen-bond acceptors (Lipinski definition) is 3. The number of rotatable bonds is 2. The number of hydrogen-bond donors (Lipinski definition) is 1. The van der Waals surface area contributed by atoms with Crippen molar-refractivity contribution >= 4 is 5.97 Å². The number of morpholine rings is 1. The zero-order chi connectivity index (χ0) is 10.8. The number of ether oxygens (including phenoxy) is 1. The van der Waals surface area contributed by atoms with Crippen LogP contribution in [0, 0.1) is 5.92 Å². The van der Waals surface area contributed by atoms with E-state index < -0.39 is 5.97 Å². The summed E-state index contributed by atoms with van der Waals surface area (Å²) in [5, 5.41) is 8.78. The third-order valence-electron chi connectivity index (χ3n) is 3.67. The second kappa shape index (κ2) is 4.49. The lowest BCUT2D eigenvalue weighted by atomic mass is 9.81. The molecule has 0 bridgehead atoms. The van der Waals surface area contributed by atoms with Gasteiger partial charge in [-0.05, 0) is 32.2 Å². The summed E-state index contributed by atoms with van der Waals surface area (Å²) in [5.74, 6) is -0.328. The Hall–Kier alpha value is -0.610. The van der Waals surface area contributed by atoms with Gasteiger partial charge in [-0.25, -0.2) is 0 Å². The molecule has 0 amide bonds. The fraction of sp³-hybridized carbons (Fsp3) is 0.909. The van der Waals surface area contributed by atoms with E-state index in [1.54, 1.807) is 0 Å². The van der Waals surface area contributed by atoms with Crippen molar-refractivity contribution in [2.24, 2.45) is 5.92 Å². The lowest BCUT2D eigenvalue weighted by molar-refractivity contribution is -0.140. The first-order chi connectivity index (χ1) is 7.16. The van der Waals surface area contributed by atoms with Crippen molar-refractivity contribution in [1.82, 2.24) is 4.90 Å². The first kappa shape index (κ1) is 10.9. The third kappa shape index (κ3) is 2.49. The lowest BCUT2D eigenvalue weighted by Gasteiger charge is -2.44. The molecule has 4 heteroatoms. The van der Waals surface area contributed by atoms with E-state index in [1.165, 1.54) is 0 Å². The van der Waals surface area contributed by atoms with Gasteiger partial charge in [0.25, 0.3) is 0 Å². The fourth-order valence-electron chi connectivity index (χ4n) is 2.81. The third-order valence-corrected chi connectivity index (χ3v) is 3.67. The van der Waals surface area contributed by atoms with E-state index in [0.717, 1.165) is 32.4 Å². The molecule has 0 radical (unpaired) electrons. The van der Waals surface area contributed by atoms with Gasteiger partial charge >= 0.3 is 5.97 Å². The molecule has 2 aliphatic rings. The molecule has 3 atom stereocenters. The van der Waals surface area contributed by atoms with E-state index in [0.29, 0.717) is 24.5 Å². The summed E-state index contributed by atoms with van der Waals surface area (Å²) in [6, 6.07) is 0.442. The summed E-state index contributed by atoms with van der Waals surface area (Å²) in [4.78, 5) is 13.0. The Bertz CT molecular complexity index is 244. The Morgan fingerprint density at radius 1 is 1.53 bits per heavy atom. The van der Waals surface area contributed by atoms with E-state index in [9.17, 15) is 4.79 Å². The number of carbonyl (C=O) groups is 1. The first-order valence-corrected chi connectivity index (χ1v) is 5.70. The fourth-order valence-corrected chi connectivity index (χ4v) is 2.81. The lowest BCUT2D eigenvalue weighted by Crippen LogP contribution is -2.52. The molecular weight excluding hydrogens is 194 g/mol. The number of likely N-dealkylation sites (N-methyl/N-ethyl adjacent to an activating group) is 1. The minimum atomic E-state index is -0.669. The SMILES string of the molecule is CN1CCOC2CCC(CC(=O)O)CC21. The Balaban J connectivity index is 1.93. The smallest absolute Gasteiger partial charge is 0.303 e. The van der Waals surface area contributed by atoms with E-state index in [2.05, 4.69) is 11.9 Å². The van der Waals surface area contributed by atoms with E-state index in [4.69, 9.17) is 9.84 Å². The van der Waals surface area contributed by atoms with Crippen LogP contribution in [0.1, 0.15) is 25.7 Å². The highest BCUT2D eigenvalue weighted by atomic mass is 16.5. The van der Waals surface area contributed by atoms with Crippen LogP contribution in [0.5, 0.6) is 0 Å². The van der Waals surface area contributed by atoms with Crippen molar-refractivity contribution in [3.8, 4) is 0 Å². The molecule has 1 aliphatic carbocycles. The highest BCUT2D eigenvalue weighted by Gasteiger charge is 2.36. The maximum atomic E-state index is 10.7. The number of fused-ring (bicyclic) bond motifs is 1. The van der Waals surface area contributed by atoms with Crippen LogP contribution >= 0.6 is 0 Å². The average Bonchev–Trinajstić information content (AvgIpc) is 2.18. The Labute approximate surface area is 90.2 Å². The number of carboxylic acids is 1. The van der Waals surface area contributed by atoms with Crippen LogP contribution in [0.25, 0.3) is 0 Å². The summed E-state index contributed by atoms with van der Waals surface area (Å²) in [7, 11) is 2.11. The zero-order valence-electron chi connectivity index (χ0n) is 9.19. The Morgan fingerprint density at radius 2 is 2.33 bits per heavy atom. The van der Waals surface area contributed by atoms with Gasteiger partial charge in [0.15, 0.2) is 0 Å². The predicted molar refractivity (Wildman–Crippen MR) is 55.8 cm³/mol.